The highest BCUT2D eigenvalue weighted by molar-refractivity contribution is 5.87. The molecule has 3 aliphatic rings. The van der Waals surface area contributed by atoms with Gasteiger partial charge in [-0.25, -0.2) is 0 Å². The number of rotatable bonds is 0. The third kappa shape index (κ3) is 1.04. The quantitative estimate of drug-likeness (QED) is 0.550. The summed E-state index contributed by atoms with van der Waals surface area (Å²) in [5, 5.41) is 0. The fourth-order valence-electron chi connectivity index (χ4n) is 3.23. The Hall–Kier alpha value is -0.630. The molecule has 1 saturated heterocycles. The highest BCUT2D eigenvalue weighted by Gasteiger charge is 2.51. The Labute approximate surface area is 84.3 Å². The molecule has 0 aromatic heterocycles. The van der Waals surface area contributed by atoms with Crippen molar-refractivity contribution in [3.63, 3.8) is 0 Å². The van der Waals surface area contributed by atoms with E-state index in [2.05, 4.69) is 12.2 Å². The standard InChI is InChI=1S/C12H16O2/c13-10-8-9-4-5-11(14-9)12(10)6-2-1-3-7-12/h4-5,9,11H,1-3,6-8H2/t9-,11+/m1/s1. The average Bonchev–Trinajstić information content (AvgIpc) is 2.63. The van der Waals surface area contributed by atoms with Crippen LogP contribution < -0.4 is 0 Å². The van der Waals surface area contributed by atoms with E-state index in [1.54, 1.807) is 0 Å². The number of hydrogen-bond acceptors (Lipinski definition) is 2. The minimum atomic E-state index is -0.123. The zero-order valence-electron chi connectivity index (χ0n) is 8.37. The van der Waals surface area contributed by atoms with Crippen molar-refractivity contribution in [1.82, 2.24) is 0 Å². The highest BCUT2D eigenvalue weighted by Crippen LogP contribution is 2.48. The Morgan fingerprint density at radius 3 is 2.79 bits per heavy atom. The topological polar surface area (TPSA) is 26.3 Å². The number of carbonyl (C=O) groups excluding carboxylic acids is 1. The van der Waals surface area contributed by atoms with Crippen molar-refractivity contribution in [2.24, 2.45) is 5.41 Å². The molecule has 14 heavy (non-hydrogen) atoms. The van der Waals surface area contributed by atoms with Crippen molar-refractivity contribution in [2.75, 3.05) is 0 Å². The Balaban J connectivity index is 1.94. The molecule has 2 heterocycles. The lowest BCUT2D eigenvalue weighted by molar-refractivity contribution is -0.153. The molecule has 3 rings (SSSR count). The molecule has 2 fully saturated rings. The van der Waals surface area contributed by atoms with Gasteiger partial charge in [-0.2, -0.15) is 0 Å². The van der Waals surface area contributed by atoms with E-state index in [0.717, 1.165) is 12.8 Å². The summed E-state index contributed by atoms with van der Waals surface area (Å²) in [7, 11) is 0. The average molecular weight is 192 g/mol. The van der Waals surface area contributed by atoms with Crippen LogP contribution in [-0.2, 0) is 9.53 Å². The maximum Gasteiger partial charge on any atom is 0.144 e. The number of Topliss-reactive ketones (excluding diaryl/α,β-unsaturated/α-hetero) is 1. The van der Waals surface area contributed by atoms with Gasteiger partial charge in [-0.05, 0) is 12.8 Å². The summed E-state index contributed by atoms with van der Waals surface area (Å²) >= 11 is 0. The van der Waals surface area contributed by atoms with E-state index in [4.69, 9.17) is 4.74 Å². The van der Waals surface area contributed by atoms with Gasteiger partial charge in [0.25, 0.3) is 0 Å². The van der Waals surface area contributed by atoms with Crippen LogP contribution in [0, 0.1) is 5.41 Å². The summed E-state index contributed by atoms with van der Waals surface area (Å²) in [6.45, 7) is 0. The van der Waals surface area contributed by atoms with Crippen molar-refractivity contribution in [2.45, 2.75) is 50.7 Å². The first-order chi connectivity index (χ1) is 6.81. The van der Waals surface area contributed by atoms with Gasteiger partial charge in [0.15, 0.2) is 0 Å². The molecular weight excluding hydrogens is 176 g/mol. The van der Waals surface area contributed by atoms with Crippen LogP contribution in [0.25, 0.3) is 0 Å². The molecule has 2 bridgehead atoms. The fraction of sp³-hybridized carbons (Fsp3) is 0.750. The largest absolute Gasteiger partial charge is 0.365 e. The second-order valence-corrected chi connectivity index (χ2v) is 4.82. The normalized spacial score (nSPS) is 39.3. The lowest BCUT2D eigenvalue weighted by Gasteiger charge is -2.43. The number of carbonyl (C=O) groups is 1. The third-order valence-corrected chi connectivity index (χ3v) is 4.05. The maximum absolute atomic E-state index is 12.1. The molecule has 1 saturated carbocycles. The molecule has 1 aliphatic carbocycles. The van der Waals surface area contributed by atoms with Gasteiger partial charge < -0.3 is 4.74 Å². The van der Waals surface area contributed by atoms with E-state index in [1.807, 2.05) is 0 Å². The van der Waals surface area contributed by atoms with Gasteiger partial charge in [0.05, 0.1) is 17.6 Å². The van der Waals surface area contributed by atoms with Gasteiger partial charge in [0.1, 0.15) is 5.78 Å². The summed E-state index contributed by atoms with van der Waals surface area (Å²) in [5.41, 5.74) is -0.123. The van der Waals surface area contributed by atoms with Crippen LogP contribution in [0.15, 0.2) is 12.2 Å². The van der Waals surface area contributed by atoms with E-state index >= 15 is 0 Å². The van der Waals surface area contributed by atoms with Crippen molar-refractivity contribution in [1.29, 1.82) is 0 Å². The van der Waals surface area contributed by atoms with E-state index in [0.29, 0.717) is 12.2 Å². The van der Waals surface area contributed by atoms with Crippen molar-refractivity contribution in [3.8, 4) is 0 Å². The van der Waals surface area contributed by atoms with Crippen LogP contribution in [0.4, 0.5) is 0 Å². The zero-order valence-corrected chi connectivity index (χ0v) is 8.37. The fourth-order valence-corrected chi connectivity index (χ4v) is 3.23. The van der Waals surface area contributed by atoms with Gasteiger partial charge in [-0.15, -0.1) is 0 Å². The van der Waals surface area contributed by atoms with Gasteiger partial charge in [0.2, 0.25) is 0 Å². The van der Waals surface area contributed by atoms with Crippen molar-refractivity contribution in [3.05, 3.63) is 12.2 Å². The Bertz CT molecular complexity index is 287. The van der Waals surface area contributed by atoms with Gasteiger partial charge >= 0.3 is 0 Å². The second-order valence-electron chi connectivity index (χ2n) is 4.82. The summed E-state index contributed by atoms with van der Waals surface area (Å²) in [5.74, 6) is 0.462. The smallest absolute Gasteiger partial charge is 0.144 e. The molecule has 0 radical (unpaired) electrons. The molecule has 0 N–H and O–H groups in total. The van der Waals surface area contributed by atoms with Crippen LogP contribution in [0.3, 0.4) is 0 Å². The van der Waals surface area contributed by atoms with Crippen LogP contribution in [0.5, 0.6) is 0 Å². The van der Waals surface area contributed by atoms with Crippen molar-refractivity contribution >= 4 is 5.78 Å². The molecule has 2 nitrogen and oxygen atoms in total. The molecule has 1 spiro atoms. The highest BCUT2D eigenvalue weighted by atomic mass is 16.5. The second kappa shape index (κ2) is 2.93. The summed E-state index contributed by atoms with van der Waals surface area (Å²) in [6.07, 6.45) is 10.8. The van der Waals surface area contributed by atoms with Crippen LogP contribution >= 0.6 is 0 Å². The number of fused-ring (bicyclic) bond motifs is 3. The number of hydrogen-bond donors (Lipinski definition) is 0. The molecule has 2 atom stereocenters. The van der Waals surface area contributed by atoms with Crippen LogP contribution in [-0.4, -0.2) is 18.0 Å². The van der Waals surface area contributed by atoms with Gasteiger partial charge in [-0.1, -0.05) is 31.4 Å². The molecule has 0 amide bonds. The first-order valence-corrected chi connectivity index (χ1v) is 5.68. The van der Waals surface area contributed by atoms with E-state index in [9.17, 15) is 4.79 Å². The van der Waals surface area contributed by atoms with Gasteiger partial charge in [-0.3, -0.25) is 4.79 Å². The summed E-state index contributed by atoms with van der Waals surface area (Å²) in [4.78, 5) is 12.1. The van der Waals surface area contributed by atoms with Crippen molar-refractivity contribution < 1.29 is 9.53 Å². The molecule has 0 aromatic rings. The SMILES string of the molecule is O=C1C[C@H]2C=C[C@H](O2)C12CCCCC2. The molecule has 2 aliphatic heterocycles. The minimum Gasteiger partial charge on any atom is -0.365 e. The maximum atomic E-state index is 12.1. The predicted molar refractivity (Wildman–Crippen MR) is 52.9 cm³/mol. The molecule has 2 heteroatoms. The molecular formula is C12H16O2. The van der Waals surface area contributed by atoms with E-state index in [1.165, 1.54) is 19.3 Å². The first kappa shape index (κ1) is 8.66. The molecule has 0 unspecified atom stereocenters. The van der Waals surface area contributed by atoms with Gasteiger partial charge in [0, 0.05) is 6.42 Å². The monoisotopic (exact) mass is 192 g/mol. The minimum absolute atomic E-state index is 0.0973. The first-order valence-electron chi connectivity index (χ1n) is 5.68. The van der Waals surface area contributed by atoms with E-state index < -0.39 is 0 Å². The lowest BCUT2D eigenvalue weighted by atomic mass is 9.66. The number of ether oxygens (including phenoxy) is 1. The third-order valence-electron chi connectivity index (χ3n) is 4.05. The Kier molecular flexibility index (Phi) is 1.81. The van der Waals surface area contributed by atoms with Crippen LogP contribution in [0.1, 0.15) is 38.5 Å². The lowest BCUT2D eigenvalue weighted by Crippen LogP contribution is -2.48. The molecule has 0 aromatic carbocycles. The summed E-state index contributed by atoms with van der Waals surface area (Å²) in [6, 6.07) is 0. The Morgan fingerprint density at radius 1 is 1.21 bits per heavy atom. The predicted octanol–water partition coefficient (Wildman–Crippen LogP) is 2.23. The van der Waals surface area contributed by atoms with Crippen LogP contribution in [0.2, 0.25) is 0 Å². The Morgan fingerprint density at radius 2 is 2.00 bits per heavy atom. The molecule has 76 valence electrons. The van der Waals surface area contributed by atoms with E-state index in [-0.39, 0.29) is 17.6 Å². The number of ketones is 1. The zero-order chi connectivity index (χ0) is 9.60. The summed E-state index contributed by atoms with van der Waals surface area (Å²) < 4.78 is 5.83.